The van der Waals surface area contributed by atoms with Crippen LogP contribution < -0.4 is 5.73 Å². The van der Waals surface area contributed by atoms with Gasteiger partial charge in [-0.25, -0.2) is 4.98 Å². The van der Waals surface area contributed by atoms with Gasteiger partial charge in [0.2, 0.25) is 0 Å². The third-order valence-corrected chi connectivity index (χ3v) is 3.64. The molecular formula is C11H16N2S. The molecule has 0 spiro atoms. The van der Waals surface area contributed by atoms with Crippen LogP contribution in [0.4, 0.5) is 5.82 Å². The van der Waals surface area contributed by atoms with Crippen LogP contribution in [0.1, 0.15) is 24.8 Å². The van der Waals surface area contributed by atoms with E-state index in [1.807, 2.05) is 12.3 Å². The van der Waals surface area contributed by atoms with Gasteiger partial charge in [0.1, 0.15) is 5.82 Å². The molecule has 76 valence electrons. The van der Waals surface area contributed by atoms with E-state index in [2.05, 4.69) is 23.7 Å². The van der Waals surface area contributed by atoms with Gasteiger partial charge in [-0.3, -0.25) is 0 Å². The summed E-state index contributed by atoms with van der Waals surface area (Å²) < 4.78 is 0. The number of hydrogen-bond donors (Lipinski definition) is 2. The second-order valence-electron chi connectivity index (χ2n) is 4.05. The standard InChI is InChI=1S/C11H16N2S/c12-11-5-4-8(7-13-11)6-9-2-1-3-10(9)14/h4-5,7,9-10,14H,1-3,6H2,(H2,12,13). The molecule has 1 aliphatic rings. The minimum atomic E-state index is 0.576. The summed E-state index contributed by atoms with van der Waals surface area (Å²) in [6, 6.07) is 3.94. The van der Waals surface area contributed by atoms with E-state index in [-0.39, 0.29) is 0 Å². The summed E-state index contributed by atoms with van der Waals surface area (Å²) in [4.78, 5) is 4.10. The van der Waals surface area contributed by atoms with Crippen molar-refractivity contribution in [1.82, 2.24) is 4.98 Å². The van der Waals surface area contributed by atoms with Gasteiger partial charge in [0.05, 0.1) is 0 Å². The molecule has 0 bridgehead atoms. The van der Waals surface area contributed by atoms with Gasteiger partial charge in [0, 0.05) is 11.4 Å². The molecule has 2 atom stereocenters. The van der Waals surface area contributed by atoms with E-state index in [0.29, 0.717) is 11.1 Å². The molecule has 2 N–H and O–H groups in total. The zero-order valence-electron chi connectivity index (χ0n) is 8.19. The predicted molar refractivity (Wildman–Crippen MR) is 62.5 cm³/mol. The smallest absolute Gasteiger partial charge is 0.123 e. The highest BCUT2D eigenvalue weighted by atomic mass is 32.1. The molecule has 1 fully saturated rings. The van der Waals surface area contributed by atoms with E-state index in [9.17, 15) is 0 Å². The maximum Gasteiger partial charge on any atom is 0.123 e. The Hall–Kier alpha value is -0.700. The normalized spacial score (nSPS) is 26.6. The first-order valence-electron chi connectivity index (χ1n) is 5.14. The average Bonchev–Trinajstić information content (AvgIpc) is 2.56. The average molecular weight is 208 g/mol. The maximum atomic E-state index is 5.54. The summed E-state index contributed by atoms with van der Waals surface area (Å²) in [5, 5.41) is 0.576. The highest BCUT2D eigenvalue weighted by Crippen LogP contribution is 2.32. The molecule has 0 radical (unpaired) electrons. The summed E-state index contributed by atoms with van der Waals surface area (Å²) in [6.45, 7) is 0. The summed E-state index contributed by atoms with van der Waals surface area (Å²) in [7, 11) is 0. The van der Waals surface area contributed by atoms with Crippen LogP contribution in [-0.2, 0) is 6.42 Å². The molecule has 1 saturated carbocycles. The number of aromatic nitrogens is 1. The second kappa shape index (κ2) is 4.22. The van der Waals surface area contributed by atoms with Gasteiger partial charge in [-0.1, -0.05) is 12.5 Å². The van der Waals surface area contributed by atoms with Crippen molar-refractivity contribution in [3.8, 4) is 0 Å². The molecule has 3 heteroatoms. The quantitative estimate of drug-likeness (QED) is 0.732. The van der Waals surface area contributed by atoms with Gasteiger partial charge in [0.15, 0.2) is 0 Å². The molecule has 2 unspecified atom stereocenters. The van der Waals surface area contributed by atoms with E-state index in [1.165, 1.54) is 24.8 Å². The molecular weight excluding hydrogens is 192 g/mol. The van der Waals surface area contributed by atoms with Crippen LogP contribution in [0, 0.1) is 5.92 Å². The zero-order valence-corrected chi connectivity index (χ0v) is 9.08. The molecule has 1 aromatic heterocycles. The molecule has 0 saturated heterocycles. The summed E-state index contributed by atoms with van der Waals surface area (Å²) in [5.74, 6) is 1.33. The lowest BCUT2D eigenvalue weighted by atomic mass is 9.99. The molecule has 1 heterocycles. The fraction of sp³-hybridized carbons (Fsp3) is 0.545. The fourth-order valence-electron chi connectivity index (χ4n) is 2.11. The highest BCUT2D eigenvalue weighted by Gasteiger charge is 2.24. The Balaban J connectivity index is 2.00. The molecule has 0 aliphatic heterocycles. The van der Waals surface area contributed by atoms with Gasteiger partial charge in [-0.05, 0) is 36.8 Å². The highest BCUT2D eigenvalue weighted by molar-refractivity contribution is 7.81. The van der Waals surface area contributed by atoms with E-state index in [0.717, 1.165) is 12.3 Å². The Bertz CT molecular complexity index is 297. The first-order valence-corrected chi connectivity index (χ1v) is 5.66. The van der Waals surface area contributed by atoms with Crippen molar-refractivity contribution in [3.63, 3.8) is 0 Å². The Morgan fingerprint density at radius 2 is 2.29 bits per heavy atom. The van der Waals surface area contributed by atoms with Gasteiger partial charge >= 0.3 is 0 Å². The maximum absolute atomic E-state index is 5.54. The van der Waals surface area contributed by atoms with Crippen molar-refractivity contribution in [2.75, 3.05) is 5.73 Å². The van der Waals surface area contributed by atoms with E-state index in [1.54, 1.807) is 0 Å². The fourth-order valence-corrected chi connectivity index (χ4v) is 2.55. The number of anilines is 1. The number of thiol groups is 1. The van der Waals surface area contributed by atoms with E-state index < -0.39 is 0 Å². The van der Waals surface area contributed by atoms with E-state index >= 15 is 0 Å². The minimum Gasteiger partial charge on any atom is -0.384 e. The van der Waals surface area contributed by atoms with Crippen molar-refractivity contribution < 1.29 is 0 Å². The van der Waals surface area contributed by atoms with Crippen LogP contribution in [0.2, 0.25) is 0 Å². The molecule has 1 aromatic rings. The number of nitrogens with two attached hydrogens (primary N) is 1. The van der Waals surface area contributed by atoms with Crippen LogP contribution in [0.25, 0.3) is 0 Å². The van der Waals surface area contributed by atoms with Gasteiger partial charge in [-0.2, -0.15) is 12.6 Å². The lowest BCUT2D eigenvalue weighted by molar-refractivity contribution is 0.558. The SMILES string of the molecule is Nc1ccc(CC2CCCC2S)cn1. The lowest BCUT2D eigenvalue weighted by Gasteiger charge is -2.13. The third-order valence-electron chi connectivity index (χ3n) is 2.96. The van der Waals surface area contributed by atoms with Crippen LogP contribution in [-0.4, -0.2) is 10.2 Å². The van der Waals surface area contributed by atoms with Gasteiger partial charge < -0.3 is 5.73 Å². The van der Waals surface area contributed by atoms with Gasteiger partial charge in [-0.15, -0.1) is 0 Å². The summed E-state index contributed by atoms with van der Waals surface area (Å²) >= 11 is 4.59. The van der Waals surface area contributed by atoms with Crippen LogP contribution in [0.5, 0.6) is 0 Å². The molecule has 0 aromatic carbocycles. The molecule has 2 rings (SSSR count). The molecule has 2 nitrogen and oxygen atoms in total. The Labute approximate surface area is 90.3 Å². The first kappa shape index (κ1) is 9.84. The number of nitrogens with zero attached hydrogens (tertiary/aromatic N) is 1. The topological polar surface area (TPSA) is 38.9 Å². The Kier molecular flexibility index (Phi) is 2.96. The predicted octanol–water partition coefficient (Wildman–Crippen LogP) is 2.30. The molecule has 0 amide bonds. The number of hydrogen-bond acceptors (Lipinski definition) is 3. The van der Waals surface area contributed by atoms with Crippen molar-refractivity contribution in [2.24, 2.45) is 5.92 Å². The Morgan fingerprint density at radius 1 is 1.43 bits per heavy atom. The van der Waals surface area contributed by atoms with Crippen molar-refractivity contribution in [2.45, 2.75) is 30.9 Å². The number of pyridine rings is 1. The van der Waals surface area contributed by atoms with Crippen LogP contribution in [0.3, 0.4) is 0 Å². The lowest BCUT2D eigenvalue weighted by Crippen LogP contribution is -2.10. The number of nitrogen functional groups attached to an aromatic ring is 1. The first-order chi connectivity index (χ1) is 6.75. The van der Waals surface area contributed by atoms with Crippen LogP contribution in [0.15, 0.2) is 18.3 Å². The minimum absolute atomic E-state index is 0.576. The molecule has 14 heavy (non-hydrogen) atoms. The van der Waals surface area contributed by atoms with Crippen molar-refractivity contribution in [1.29, 1.82) is 0 Å². The number of rotatable bonds is 2. The largest absolute Gasteiger partial charge is 0.384 e. The van der Waals surface area contributed by atoms with Crippen molar-refractivity contribution in [3.05, 3.63) is 23.9 Å². The monoisotopic (exact) mass is 208 g/mol. The summed E-state index contributed by atoms with van der Waals surface area (Å²) in [6.07, 6.45) is 6.87. The third kappa shape index (κ3) is 2.21. The van der Waals surface area contributed by atoms with Crippen molar-refractivity contribution >= 4 is 18.4 Å². The Morgan fingerprint density at radius 3 is 2.86 bits per heavy atom. The van der Waals surface area contributed by atoms with Crippen LogP contribution >= 0.6 is 12.6 Å². The summed E-state index contributed by atoms with van der Waals surface area (Å²) in [5.41, 5.74) is 6.82. The van der Waals surface area contributed by atoms with Gasteiger partial charge in [0.25, 0.3) is 0 Å². The molecule has 1 aliphatic carbocycles. The van der Waals surface area contributed by atoms with E-state index in [4.69, 9.17) is 5.73 Å². The zero-order chi connectivity index (χ0) is 9.97. The second-order valence-corrected chi connectivity index (χ2v) is 4.72.